The Hall–Kier alpha value is -2.75. The Labute approximate surface area is 170 Å². The fraction of sp³-hybridized carbons (Fsp3) is 0.391. The van der Waals surface area contributed by atoms with Crippen LogP contribution >= 0.6 is 0 Å². The van der Waals surface area contributed by atoms with Crippen molar-refractivity contribution >= 4 is 5.91 Å². The molecule has 29 heavy (non-hydrogen) atoms. The third-order valence-corrected chi connectivity index (χ3v) is 5.52. The molecule has 0 bridgehead atoms. The molecule has 1 fully saturated rings. The van der Waals surface area contributed by atoms with Gasteiger partial charge in [0.05, 0.1) is 42.8 Å². The fourth-order valence-electron chi connectivity index (χ4n) is 3.99. The molecule has 0 aliphatic carbocycles. The second kappa shape index (κ2) is 8.73. The minimum atomic E-state index is -0.804. The lowest BCUT2D eigenvalue weighted by atomic mass is 9.84. The number of nitrogens with two attached hydrogens (primary N) is 1. The van der Waals surface area contributed by atoms with Crippen molar-refractivity contribution in [2.24, 2.45) is 11.1 Å². The zero-order valence-electron chi connectivity index (χ0n) is 16.7. The molecule has 0 aromatic heterocycles. The van der Waals surface area contributed by atoms with Gasteiger partial charge in [0, 0.05) is 0 Å². The number of likely N-dealkylation sites (tertiary alicyclic amines) is 1. The molecule has 2 N–H and O–H groups in total. The third-order valence-electron chi connectivity index (χ3n) is 5.52. The van der Waals surface area contributed by atoms with Crippen LogP contribution < -0.4 is 5.73 Å². The lowest BCUT2D eigenvalue weighted by Crippen LogP contribution is -2.47. The molecular weight excluding hydrogens is 369 g/mol. The van der Waals surface area contributed by atoms with Crippen molar-refractivity contribution in [2.45, 2.75) is 45.1 Å². The van der Waals surface area contributed by atoms with Gasteiger partial charge < -0.3 is 15.4 Å². The minimum Gasteiger partial charge on any atom is -0.371 e. The van der Waals surface area contributed by atoms with Gasteiger partial charge in [-0.15, -0.1) is 0 Å². The Morgan fingerprint density at radius 1 is 1.28 bits per heavy atom. The van der Waals surface area contributed by atoms with Crippen LogP contribution in [0.4, 0.5) is 4.39 Å². The number of carbonyl (C=O) groups excluding carboxylic acids is 1. The van der Waals surface area contributed by atoms with Gasteiger partial charge in [-0.1, -0.05) is 42.5 Å². The van der Waals surface area contributed by atoms with Gasteiger partial charge in [0.1, 0.15) is 5.82 Å². The van der Waals surface area contributed by atoms with Crippen LogP contribution in [0.2, 0.25) is 0 Å². The maximum Gasteiger partial charge on any atom is 0.237 e. The summed E-state index contributed by atoms with van der Waals surface area (Å²) in [6.07, 6.45) is 0.0884. The van der Waals surface area contributed by atoms with Crippen LogP contribution in [0.3, 0.4) is 0 Å². The van der Waals surface area contributed by atoms with Crippen LogP contribution in [-0.2, 0) is 16.1 Å². The van der Waals surface area contributed by atoms with E-state index in [0.29, 0.717) is 18.6 Å². The largest absolute Gasteiger partial charge is 0.371 e. The maximum atomic E-state index is 14.0. The molecule has 6 heteroatoms. The van der Waals surface area contributed by atoms with E-state index >= 15 is 0 Å². The number of nitriles is 1. The van der Waals surface area contributed by atoms with Gasteiger partial charge in [-0.25, -0.2) is 4.39 Å². The number of ether oxygens (including phenoxy) is 1. The van der Waals surface area contributed by atoms with Crippen molar-refractivity contribution in [1.82, 2.24) is 4.90 Å². The third kappa shape index (κ3) is 4.47. The second-order valence-electron chi connectivity index (χ2n) is 7.93. The van der Waals surface area contributed by atoms with E-state index < -0.39 is 17.5 Å². The number of nitrogens with zero attached hydrogens (tertiary/aromatic N) is 2. The molecule has 3 atom stereocenters. The number of hydrogen-bond acceptors (Lipinski definition) is 4. The van der Waals surface area contributed by atoms with Gasteiger partial charge in [-0.3, -0.25) is 4.79 Å². The Bertz CT molecular complexity index is 894. The van der Waals surface area contributed by atoms with Gasteiger partial charge in [-0.05, 0) is 43.5 Å². The van der Waals surface area contributed by atoms with Crippen LogP contribution in [0.5, 0.6) is 0 Å². The van der Waals surface area contributed by atoms with Gasteiger partial charge >= 0.3 is 0 Å². The Kier molecular flexibility index (Phi) is 6.31. The Morgan fingerprint density at radius 2 is 2.00 bits per heavy atom. The molecular formula is C23H26FN3O2. The topological polar surface area (TPSA) is 79.3 Å². The summed E-state index contributed by atoms with van der Waals surface area (Å²) in [4.78, 5) is 14.5. The molecule has 1 amide bonds. The molecule has 3 rings (SSSR count). The van der Waals surface area contributed by atoms with Crippen LogP contribution in [-0.4, -0.2) is 29.5 Å². The molecule has 152 valence electrons. The summed E-state index contributed by atoms with van der Waals surface area (Å²) in [5.41, 5.74) is 6.53. The van der Waals surface area contributed by atoms with Gasteiger partial charge in [0.15, 0.2) is 0 Å². The molecule has 1 unspecified atom stereocenters. The molecule has 1 saturated heterocycles. The molecule has 0 radical (unpaired) electrons. The molecule has 0 saturated carbocycles. The van der Waals surface area contributed by atoms with E-state index in [9.17, 15) is 14.4 Å². The second-order valence-corrected chi connectivity index (χ2v) is 7.93. The van der Waals surface area contributed by atoms with E-state index in [1.54, 1.807) is 30.9 Å². The summed E-state index contributed by atoms with van der Waals surface area (Å²) < 4.78 is 20.2. The van der Waals surface area contributed by atoms with Crippen molar-refractivity contribution in [1.29, 1.82) is 5.26 Å². The Balaban J connectivity index is 1.99. The van der Waals surface area contributed by atoms with Crippen LogP contribution in [0.1, 0.15) is 37.4 Å². The lowest BCUT2D eigenvalue weighted by molar-refractivity contribution is -0.135. The minimum absolute atomic E-state index is 0.185. The van der Waals surface area contributed by atoms with E-state index in [0.717, 1.165) is 5.56 Å². The maximum absolute atomic E-state index is 14.0. The summed E-state index contributed by atoms with van der Waals surface area (Å²) in [5.74, 6) is -0.661. The monoisotopic (exact) mass is 395 g/mol. The predicted octanol–water partition coefficient (Wildman–Crippen LogP) is 3.56. The first kappa shape index (κ1) is 21.0. The summed E-state index contributed by atoms with van der Waals surface area (Å²) in [7, 11) is 0. The smallest absolute Gasteiger partial charge is 0.237 e. The average Bonchev–Trinajstić information content (AvgIpc) is 3.13. The van der Waals surface area contributed by atoms with Crippen LogP contribution in [0, 0.1) is 22.6 Å². The summed E-state index contributed by atoms with van der Waals surface area (Å²) in [6.45, 7) is 3.78. The molecule has 5 nitrogen and oxygen atoms in total. The van der Waals surface area contributed by atoms with E-state index in [1.165, 1.54) is 12.1 Å². The highest BCUT2D eigenvalue weighted by atomic mass is 19.1. The number of hydrogen-bond donors (Lipinski definition) is 1. The van der Waals surface area contributed by atoms with Crippen molar-refractivity contribution in [3.8, 4) is 6.07 Å². The fourth-order valence-corrected chi connectivity index (χ4v) is 3.99. The highest BCUT2D eigenvalue weighted by Gasteiger charge is 2.50. The standard InChI is InChI=1S/C23H26FN3O2/c1-23(2,15-26)20-12-19(29-14-16-7-4-3-5-8-16)22(27(20)21(28)13-25)17-9-6-10-18(24)11-17/h3-11,19-20,22H,12-14,25H2,1-2H3/t19-,20?,22-/m1/s1. The normalized spacial score (nSPS) is 21.8. The number of benzene rings is 2. The molecule has 0 spiro atoms. The van der Waals surface area contributed by atoms with Gasteiger partial charge in [0.25, 0.3) is 0 Å². The van der Waals surface area contributed by atoms with E-state index in [-0.39, 0.29) is 24.4 Å². The van der Waals surface area contributed by atoms with Crippen LogP contribution in [0.15, 0.2) is 54.6 Å². The van der Waals surface area contributed by atoms with Gasteiger partial charge in [-0.2, -0.15) is 5.26 Å². The van der Waals surface area contributed by atoms with Crippen LogP contribution in [0.25, 0.3) is 0 Å². The predicted molar refractivity (Wildman–Crippen MR) is 108 cm³/mol. The van der Waals surface area contributed by atoms with Crippen molar-refractivity contribution < 1.29 is 13.9 Å². The average molecular weight is 395 g/mol. The van der Waals surface area contributed by atoms with E-state index in [1.807, 2.05) is 30.3 Å². The molecule has 1 heterocycles. The number of rotatable bonds is 6. The molecule has 2 aromatic carbocycles. The Morgan fingerprint density at radius 3 is 2.62 bits per heavy atom. The first-order chi connectivity index (χ1) is 13.9. The van der Waals surface area contributed by atoms with Crippen molar-refractivity contribution in [3.63, 3.8) is 0 Å². The highest BCUT2D eigenvalue weighted by molar-refractivity contribution is 5.79. The van der Waals surface area contributed by atoms with Gasteiger partial charge in [0.2, 0.25) is 5.91 Å². The molecule has 1 aliphatic rings. The van der Waals surface area contributed by atoms with E-state index in [2.05, 4.69) is 6.07 Å². The van der Waals surface area contributed by atoms with Crippen molar-refractivity contribution in [2.75, 3.05) is 6.54 Å². The molecule has 2 aromatic rings. The SMILES string of the molecule is CC(C)(C#N)C1C[C@@H](OCc2ccccc2)[C@@H](c2cccc(F)c2)N1C(=O)CN. The molecule has 1 aliphatic heterocycles. The lowest BCUT2D eigenvalue weighted by Gasteiger charge is -2.36. The first-order valence-electron chi connectivity index (χ1n) is 9.71. The van der Waals surface area contributed by atoms with Crippen molar-refractivity contribution in [3.05, 3.63) is 71.5 Å². The summed E-state index contributed by atoms with van der Waals surface area (Å²) in [5, 5.41) is 9.70. The highest BCUT2D eigenvalue weighted by Crippen LogP contribution is 2.45. The number of halogens is 1. The van der Waals surface area contributed by atoms with E-state index in [4.69, 9.17) is 10.5 Å². The quantitative estimate of drug-likeness (QED) is 0.811. The zero-order chi connectivity index (χ0) is 21.0. The number of amides is 1. The number of carbonyl (C=O) groups is 1. The zero-order valence-corrected chi connectivity index (χ0v) is 16.7. The summed E-state index contributed by atoms with van der Waals surface area (Å²) in [6, 6.07) is 17.3. The summed E-state index contributed by atoms with van der Waals surface area (Å²) >= 11 is 0. The first-order valence-corrected chi connectivity index (χ1v) is 9.71.